The fourth-order valence-corrected chi connectivity index (χ4v) is 3.81. The molecule has 0 fully saturated rings. The van der Waals surface area contributed by atoms with Crippen LogP contribution in [0.1, 0.15) is 34.0 Å². The van der Waals surface area contributed by atoms with Crippen LogP contribution in [-0.4, -0.2) is 26.3 Å². The molecule has 5 heteroatoms. The first-order valence-electron chi connectivity index (χ1n) is 8.73. The lowest BCUT2D eigenvalue weighted by Gasteiger charge is -2.09. The number of hydrogen-bond donors (Lipinski definition) is 0. The zero-order valence-corrected chi connectivity index (χ0v) is 16.4. The Labute approximate surface area is 158 Å². The first kappa shape index (κ1) is 18.4. The van der Waals surface area contributed by atoms with Gasteiger partial charge in [-0.15, -0.1) is 10.2 Å². The summed E-state index contributed by atoms with van der Waals surface area (Å²) in [7, 11) is 0. The van der Waals surface area contributed by atoms with E-state index in [-0.39, 0.29) is 5.78 Å². The molecule has 0 aliphatic rings. The van der Waals surface area contributed by atoms with Crippen LogP contribution in [0.3, 0.4) is 0 Å². The minimum Gasteiger partial charge on any atom is -0.302 e. The van der Waals surface area contributed by atoms with Crippen molar-refractivity contribution in [2.24, 2.45) is 0 Å². The molecule has 0 spiro atoms. The summed E-state index contributed by atoms with van der Waals surface area (Å²) in [4.78, 5) is 12.6. The molecule has 1 aromatic heterocycles. The maximum atomic E-state index is 12.6. The molecule has 0 aliphatic carbocycles. The van der Waals surface area contributed by atoms with E-state index in [2.05, 4.69) is 40.7 Å². The highest BCUT2D eigenvalue weighted by Crippen LogP contribution is 2.25. The molecule has 0 saturated heterocycles. The third-order valence-corrected chi connectivity index (χ3v) is 5.30. The molecular formula is C21H23N3OS. The minimum absolute atomic E-state index is 0.124. The number of Topliss-reactive ketones (excluding diaryl/α,β-unsaturated/α-hetero) is 1. The Hall–Kier alpha value is -2.40. The zero-order valence-electron chi connectivity index (χ0n) is 15.6. The zero-order chi connectivity index (χ0) is 18.7. The number of hydrogen-bond acceptors (Lipinski definition) is 4. The standard InChI is InChI=1S/C21H23N3OS/c1-5-24-20(17-8-6-7-14(2)11-17)22-23-21(24)26-13-19(25)18-12-15(3)9-10-16(18)4/h6-12H,5,13H2,1-4H3. The van der Waals surface area contributed by atoms with E-state index in [0.717, 1.165) is 39.8 Å². The van der Waals surface area contributed by atoms with Gasteiger partial charge in [0.15, 0.2) is 16.8 Å². The van der Waals surface area contributed by atoms with Crippen molar-refractivity contribution in [3.63, 3.8) is 0 Å². The van der Waals surface area contributed by atoms with Gasteiger partial charge in [0, 0.05) is 17.7 Å². The summed E-state index contributed by atoms with van der Waals surface area (Å²) in [5.41, 5.74) is 5.14. The fraction of sp³-hybridized carbons (Fsp3) is 0.286. The highest BCUT2D eigenvalue weighted by Gasteiger charge is 2.16. The molecule has 26 heavy (non-hydrogen) atoms. The highest BCUT2D eigenvalue weighted by atomic mass is 32.2. The number of ketones is 1. The number of thioether (sulfide) groups is 1. The Morgan fingerprint density at radius 3 is 2.54 bits per heavy atom. The van der Waals surface area contributed by atoms with Crippen LogP contribution in [0.2, 0.25) is 0 Å². The molecule has 0 atom stereocenters. The number of rotatable bonds is 6. The van der Waals surface area contributed by atoms with Crippen molar-refractivity contribution in [2.75, 3.05) is 5.75 Å². The third-order valence-electron chi connectivity index (χ3n) is 4.34. The second-order valence-corrected chi connectivity index (χ2v) is 7.39. The number of benzene rings is 2. The van der Waals surface area contributed by atoms with Gasteiger partial charge in [-0.1, -0.05) is 53.2 Å². The molecule has 134 valence electrons. The van der Waals surface area contributed by atoms with Gasteiger partial charge in [0.05, 0.1) is 5.75 Å². The average molecular weight is 366 g/mol. The van der Waals surface area contributed by atoms with Crippen LogP contribution in [0.25, 0.3) is 11.4 Å². The Morgan fingerprint density at radius 2 is 1.81 bits per heavy atom. The van der Waals surface area contributed by atoms with Crippen LogP contribution in [-0.2, 0) is 6.54 Å². The summed E-state index contributed by atoms with van der Waals surface area (Å²) in [6, 6.07) is 14.2. The van der Waals surface area contributed by atoms with Crippen molar-refractivity contribution >= 4 is 17.5 Å². The Balaban J connectivity index is 1.80. The largest absolute Gasteiger partial charge is 0.302 e. The van der Waals surface area contributed by atoms with Crippen molar-refractivity contribution in [3.05, 3.63) is 64.7 Å². The van der Waals surface area contributed by atoms with Gasteiger partial charge in [-0.2, -0.15) is 0 Å². The van der Waals surface area contributed by atoms with Crippen LogP contribution in [0.4, 0.5) is 0 Å². The van der Waals surface area contributed by atoms with Crippen molar-refractivity contribution in [3.8, 4) is 11.4 Å². The SMILES string of the molecule is CCn1c(SCC(=O)c2cc(C)ccc2C)nnc1-c1cccc(C)c1. The van der Waals surface area contributed by atoms with Gasteiger partial charge in [-0.3, -0.25) is 4.79 Å². The first-order valence-corrected chi connectivity index (χ1v) is 9.71. The summed E-state index contributed by atoms with van der Waals surface area (Å²) in [5, 5.41) is 9.46. The van der Waals surface area contributed by atoms with Crippen LogP contribution >= 0.6 is 11.8 Å². The quantitative estimate of drug-likeness (QED) is 0.462. The van der Waals surface area contributed by atoms with Gasteiger partial charge >= 0.3 is 0 Å². The van der Waals surface area contributed by atoms with Crippen LogP contribution in [0, 0.1) is 20.8 Å². The number of aromatic nitrogens is 3. The molecule has 0 aliphatic heterocycles. The average Bonchev–Trinajstić information content (AvgIpc) is 3.04. The van der Waals surface area contributed by atoms with E-state index in [9.17, 15) is 4.79 Å². The predicted molar refractivity (Wildman–Crippen MR) is 107 cm³/mol. The lowest BCUT2D eigenvalue weighted by Crippen LogP contribution is -2.07. The fourth-order valence-electron chi connectivity index (χ4n) is 2.92. The molecule has 0 amide bonds. The predicted octanol–water partition coefficient (Wildman–Crippen LogP) is 4.87. The first-order chi connectivity index (χ1) is 12.5. The molecule has 2 aromatic carbocycles. The van der Waals surface area contributed by atoms with Crippen molar-refractivity contribution < 1.29 is 4.79 Å². The molecule has 0 N–H and O–H groups in total. The van der Waals surface area contributed by atoms with E-state index in [0.29, 0.717) is 5.75 Å². The normalized spacial score (nSPS) is 10.9. The highest BCUT2D eigenvalue weighted by molar-refractivity contribution is 7.99. The van der Waals surface area contributed by atoms with E-state index in [4.69, 9.17) is 0 Å². The second kappa shape index (κ2) is 7.87. The number of carbonyl (C=O) groups excluding carboxylic acids is 1. The van der Waals surface area contributed by atoms with Gasteiger partial charge < -0.3 is 4.57 Å². The van der Waals surface area contributed by atoms with E-state index in [1.807, 2.05) is 44.2 Å². The molecule has 0 saturated carbocycles. The van der Waals surface area contributed by atoms with Gasteiger partial charge in [0.25, 0.3) is 0 Å². The molecule has 3 rings (SSSR count). The maximum absolute atomic E-state index is 12.6. The monoisotopic (exact) mass is 365 g/mol. The molecule has 3 aromatic rings. The summed E-state index contributed by atoms with van der Waals surface area (Å²) in [6.45, 7) is 8.87. The lowest BCUT2D eigenvalue weighted by atomic mass is 10.0. The summed E-state index contributed by atoms with van der Waals surface area (Å²) >= 11 is 1.45. The van der Waals surface area contributed by atoms with Gasteiger partial charge in [0.1, 0.15) is 0 Å². The third kappa shape index (κ3) is 3.88. The van der Waals surface area contributed by atoms with Crippen molar-refractivity contribution in [1.82, 2.24) is 14.8 Å². The van der Waals surface area contributed by atoms with Crippen LogP contribution in [0.15, 0.2) is 47.6 Å². The molecule has 0 radical (unpaired) electrons. The van der Waals surface area contributed by atoms with Crippen LogP contribution < -0.4 is 0 Å². The second-order valence-electron chi connectivity index (χ2n) is 6.45. The lowest BCUT2D eigenvalue weighted by molar-refractivity contribution is 0.102. The van der Waals surface area contributed by atoms with Gasteiger partial charge in [-0.05, 0) is 45.4 Å². The summed E-state index contributed by atoms with van der Waals surface area (Å²) < 4.78 is 2.07. The van der Waals surface area contributed by atoms with Gasteiger partial charge in [0.2, 0.25) is 0 Å². The molecule has 0 bridgehead atoms. The molecular weight excluding hydrogens is 342 g/mol. The Morgan fingerprint density at radius 1 is 1.04 bits per heavy atom. The molecule has 4 nitrogen and oxygen atoms in total. The topological polar surface area (TPSA) is 47.8 Å². The van der Waals surface area contributed by atoms with Crippen LogP contribution in [0.5, 0.6) is 0 Å². The smallest absolute Gasteiger partial charge is 0.191 e. The molecule has 0 unspecified atom stereocenters. The van der Waals surface area contributed by atoms with Crippen molar-refractivity contribution in [1.29, 1.82) is 0 Å². The van der Waals surface area contributed by atoms with Gasteiger partial charge in [-0.25, -0.2) is 0 Å². The molecule has 1 heterocycles. The summed E-state index contributed by atoms with van der Waals surface area (Å²) in [5.74, 6) is 1.33. The number of nitrogens with zero attached hydrogens (tertiary/aromatic N) is 3. The number of carbonyl (C=O) groups is 1. The summed E-state index contributed by atoms with van der Waals surface area (Å²) in [6.07, 6.45) is 0. The minimum atomic E-state index is 0.124. The van der Waals surface area contributed by atoms with E-state index in [1.165, 1.54) is 17.3 Å². The van der Waals surface area contributed by atoms with E-state index < -0.39 is 0 Å². The van der Waals surface area contributed by atoms with Crippen molar-refractivity contribution in [2.45, 2.75) is 39.4 Å². The van der Waals surface area contributed by atoms with E-state index in [1.54, 1.807) is 0 Å². The van der Waals surface area contributed by atoms with E-state index >= 15 is 0 Å². The Kier molecular flexibility index (Phi) is 5.57. The maximum Gasteiger partial charge on any atom is 0.191 e. The Bertz CT molecular complexity index is 946. The number of aryl methyl sites for hydroxylation is 3.